The summed E-state index contributed by atoms with van der Waals surface area (Å²) in [6.45, 7) is 6.02. The molecule has 2 rings (SSSR count). The van der Waals surface area contributed by atoms with Crippen LogP contribution in [0.25, 0.3) is 0 Å². The highest BCUT2D eigenvalue weighted by atomic mass is 35.5. The van der Waals surface area contributed by atoms with Crippen LogP contribution >= 0.6 is 11.6 Å². The van der Waals surface area contributed by atoms with E-state index in [4.69, 9.17) is 16.3 Å². The van der Waals surface area contributed by atoms with Crippen LogP contribution in [-0.2, 0) is 6.54 Å². The minimum atomic E-state index is 0.568. The summed E-state index contributed by atoms with van der Waals surface area (Å²) in [4.78, 5) is 3.99. The van der Waals surface area contributed by atoms with Crippen molar-refractivity contribution in [3.8, 4) is 11.5 Å². The second kappa shape index (κ2) is 6.55. The van der Waals surface area contributed by atoms with Crippen molar-refractivity contribution in [2.45, 2.75) is 20.4 Å². The molecule has 0 radical (unpaired) electrons. The predicted molar refractivity (Wildman–Crippen MR) is 77.9 cm³/mol. The number of nitrogens with one attached hydrogen (secondary N) is 1. The molecule has 4 heteroatoms. The van der Waals surface area contributed by atoms with Crippen LogP contribution in [0, 0.1) is 6.92 Å². The first kappa shape index (κ1) is 13.8. The zero-order valence-electron chi connectivity index (χ0n) is 11.1. The Morgan fingerprint density at radius 2 is 2.05 bits per heavy atom. The summed E-state index contributed by atoms with van der Waals surface area (Å²) in [5, 5.41) is 3.88. The molecule has 0 aliphatic rings. The van der Waals surface area contributed by atoms with Gasteiger partial charge in [-0.05, 0) is 36.7 Å². The third kappa shape index (κ3) is 3.94. The quantitative estimate of drug-likeness (QED) is 0.898. The van der Waals surface area contributed by atoms with E-state index in [1.54, 1.807) is 18.5 Å². The van der Waals surface area contributed by atoms with Crippen molar-refractivity contribution in [1.82, 2.24) is 10.3 Å². The van der Waals surface area contributed by atoms with E-state index in [9.17, 15) is 0 Å². The molecular weight excluding hydrogens is 260 g/mol. The molecule has 0 unspecified atom stereocenters. The lowest BCUT2D eigenvalue weighted by molar-refractivity contribution is 0.479. The molecule has 0 amide bonds. The summed E-state index contributed by atoms with van der Waals surface area (Å²) in [6.07, 6.45) is 3.23. The minimum Gasteiger partial charge on any atom is -0.456 e. The Morgan fingerprint density at radius 3 is 2.74 bits per heavy atom. The smallest absolute Gasteiger partial charge is 0.147 e. The van der Waals surface area contributed by atoms with Gasteiger partial charge < -0.3 is 10.1 Å². The van der Waals surface area contributed by atoms with Crippen molar-refractivity contribution in [3.63, 3.8) is 0 Å². The Labute approximate surface area is 118 Å². The molecule has 1 heterocycles. The first-order valence-corrected chi connectivity index (χ1v) is 6.65. The highest BCUT2D eigenvalue weighted by Gasteiger charge is 2.03. The van der Waals surface area contributed by atoms with E-state index in [1.165, 1.54) is 11.1 Å². The van der Waals surface area contributed by atoms with Crippen molar-refractivity contribution >= 4 is 11.6 Å². The SMILES string of the molecule is CCNCc1ccc(Oc2cncc(Cl)c2)cc1C. The molecule has 0 bridgehead atoms. The van der Waals surface area contributed by atoms with Gasteiger partial charge in [0.15, 0.2) is 0 Å². The van der Waals surface area contributed by atoms with Crippen LogP contribution in [0.5, 0.6) is 11.5 Å². The summed E-state index contributed by atoms with van der Waals surface area (Å²) >= 11 is 5.87. The molecule has 0 fully saturated rings. The zero-order valence-corrected chi connectivity index (χ0v) is 11.9. The van der Waals surface area contributed by atoms with Crippen molar-refractivity contribution in [2.24, 2.45) is 0 Å². The highest BCUT2D eigenvalue weighted by molar-refractivity contribution is 6.30. The fourth-order valence-electron chi connectivity index (χ4n) is 1.77. The largest absolute Gasteiger partial charge is 0.456 e. The molecule has 0 aliphatic carbocycles. The molecule has 19 heavy (non-hydrogen) atoms. The average molecular weight is 277 g/mol. The molecule has 1 aromatic carbocycles. The maximum atomic E-state index is 5.87. The van der Waals surface area contributed by atoms with E-state index in [2.05, 4.69) is 30.2 Å². The van der Waals surface area contributed by atoms with Crippen LogP contribution in [-0.4, -0.2) is 11.5 Å². The van der Waals surface area contributed by atoms with E-state index in [-0.39, 0.29) is 0 Å². The Kier molecular flexibility index (Phi) is 4.77. The van der Waals surface area contributed by atoms with Gasteiger partial charge in [0.1, 0.15) is 11.5 Å². The number of aryl methyl sites for hydroxylation is 1. The molecule has 3 nitrogen and oxygen atoms in total. The molecule has 100 valence electrons. The Bertz CT molecular complexity index is 558. The van der Waals surface area contributed by atoms with Crippen LogP contribution in [0.2, 0.25) is 5.02 Å². The minimum absolute atomic E-state index is 0.568. The Balaban J connectivity index is 2.11. The average Bonchev–Trinajstić information content (AvgIpc) is 2.38. The second-order valence-corrected chi connectivity index (χ2v) is 4.75. The van der Waals surface area contributed by atoms with E-state index in [1.807, 2.05) is 12.1 Å². The molecule has 0 saturated carbocycles. The maximum absolute atomic E-state index is 5.87. The first-order chi connectivity index (χ1) is 9.19. The fraction of sp³-hybridized carbons (Fsp3) is 0.267. The number of benzene rings is 1. The zero-order chi connectivity index (χ0) is 13.7. The summed E-state index contributed by atoms with van der Waals surface area (Å²) in [5.41, 5.74) is 2.48. The van der Waals surface area contributed by atoms with Gasteiger partial charge in [-0.2, -0.15) is 0 Å². The topological polar surface area (TPSA) is 34.1 Å². The molecule has 0 aliphatic heterocycles. The molecular formula is C15H17ClN2O. The lowest BCUT2D eigenvalue weighted by atomic mass is 10.1. The standard InChI is InChI=1S/C15H17ClN2O/c1-3-17-8-12-4-5-14(6-11(12)2)19-15-7-13(16)9-18-10-15/h4-7,9-10,17H,3,8H2,1-2H3. The molecule has 1 aromatic heterocycles. The van der Waals surface area contributed by atoms with Crippen LogP contribution in [0.15, 0.2) is 36.7 Å². The van der Waals surface area contributed by atoms with E-state index < -0.39 is 0 Å². The van der Waals surface area contributed by atoms with Gasteiger partial charge in [0.05, 0.1) is 11.2 Å². The highest BCUT2D eigenvalue weighted by Crippen LogP contribution is 2.25. The number of rotatable bonds is 5. The number of hydrogen-bond donors (Lipinski definition) is 1. The number of hydrogen-bond acceptors (Lipinski definition) is 3. The summed E-state index contributed by atoms with van der Waals surface area (Å²) < 4.78 is 5.73. The van der Waals surface area contributed by atoms with Crippen molar-refractivity contribution < 1.29 is 4.74 Å². The van der Waals surface area contributed by atoms with Gasteiger partial charge in [0.2, 0.25) is 0 Å². The molecule has 0 spiro atoms. The Hall–Kier alpha value is -1.58. The van der Waals surface area contributed by atoms with Gasteiger partial charge in [-0.3, -0.25) is 4.98 Å². The maximum Gasteiger partial charge on any atom is 0.147 e. The van der Waals surface area contributed by atoms with Crippen molar-refractivity contribution in [2.75, 3.05) is 6.54 Å². The summed E-state index contributed by atoms with van der Waals surface area (Å²) in [7, 11) is 0. The van der Waals surface area contributed by atoms with Crippen LogP contribution in [0.1, 0.15) is 18.1 Å². The van der Waals surface area contributed by atoms with Crippen molar-refractivity contribution in [1.29, 1.82) is 0 Å². The number of ether oxygens (including phenoxy) is 1. The fourth-order valence-corrected chi connectivity index (χ4v) is 1.94. The number of aromatic nitrogens is 1. The third-order valence-electron chi connectivity index (χ3n) is 2.80. The molecule has 0 saturated heterocycles. The van der Waals surface area contributed by atoms with Crippen LogP contribution < -0.4 is 10.1 Å². The predicted octanol–water partition coefficient (Wildman–Crippen LogP) is 3.95. The first-order valence-electron chi connectivity index (χ1n) is 6.27. The molecule has 1 N–H and O–H groups in total. The van der Waals surface area contributed by atoms with Crippen LogP contribution in [0.3, 0.4) is 0 Å². The number of halogens is 1. The van der Waals surface area contributed by atoms with E-state index in [0.29, 0.717) is 10.8 Å². The third-order valence-corrected chi connectivity index (χ3v) is 3.00. The lowest BCUT2D eigenvalue weighted by Gasteiger charge is -2.10. The van der Waals surface area contributed by atoms with Gasteiger partial charge in [-0.25, -0.2) is 0 Å². The summed E-state index contributed by atoms with van der Waals surface area (Å²) in [5.74, 6) is 1.44. The van der Waals surface area contributed by atoms with E-state index >= 15 is 0 Å². The lowest BCUT2D eigenvalue weighted by Crippen LogP contribution is -2.12. The van der Waals surface area contributed by atoms with Gasteiger partial charge >= 0.3 is 0 Å². The second-order valence-electron chi connectivity index (χ2n) is 4.31. The number of nitrogens with zero attached hydrogens (tertiary/aromatic N) is 1. The van der Waals surface area contributed by atoms with Crippen molar-refractivity contribution in [3.05, 3.63) is 52.8 Å². The monoisotopic (exact) mass is 276 g/mol. The van der Waals surface area contributed by atoms with Crippen LogP contribution in [0.4, 0.5) is 0 Å². The van der Waals surface area contributed by atoms with Gasteiger partial charge in [-0.15, -0.1) is 0 Å². The number of pyridine rings is 1. The summed E-state index contributed by atoms with van der Waals surface area (Å²) in [6, 6.07) is 7.80. The molecule has 0 atom stereocenters. The normalized spacial score (nSPS) is 10.5. The van der Waals surface area contributed by atoms with Gasteiger partial charge in [-0.1, -0.05) is 24.6 Å². The molecule has 2 aromatic rings. The Morgan fingerprint density at radius 1 is 1.21 bits per heavy atom. The van der Waals surface area contributed by atoms with Gasteiger partial charge in [0.25, 0.3) is 0 Å². The van der Waals surface area contributed by atoms with Gasteiger partial charge in [0, 0.05) is 18.8 Å². The van der Waals surface area contributed by atoms with E-state index in [0.717, 1.165) is 18.8 Å².